The number of ketones is 1. The predicted molar refractivity (Wildman–Crippen MR) is 79.6 cm³/mol. The average Bonchev–Trinajstić information content (AvgIpc) is 2.86. The zero-order chi connectivity index (χ0) is 16.6. The maximum atomic E-state index is 13.3. The molecule has 0 saturated carbocycles. The normalized spacial score (nSPS) is 10.9. The number of carbonyl (C=O) groups is 2. The third-order valence-corrected chi connectivity index (χ3v) is 3.55. The Balaban J connectivity index is 2.04. The van der Waals surface area contributed by atoms with Crippen LogP contribution in [0.15, 0.2) is 48.5 Å². The summed E-state index contributed by atoms with van der Waals surface area (Å²) in [5, 5.41) is 9.68. The summed E-state index contributed by atoms with van der Waals surface area (Å²) >= 11 is 0. The molecular weight excluding hydrogens is 304 g/mol. The Morgan fingerprint density at radius 1 is 0.957 bits per heavy atom. The summed E-state index contributed by atoms with van der Waals surface area (Å²) in [5.41, 5.74) is 0.604. The summed E-state index contributed by atoms with van der Waals surface area (Å²) in [5.74, 6) is -2.53. The second kappa shape index (κ2) is 5.64. The van der Waals surface area contributed by atoms with Gasteiger partial charge in [-0.1, -0.05) is 0 Å². The summed E-state index contributed by atoms with van der Waals surface area (Å²) in [6.45, 7) is -0.234. The highest BCUT2D eigenvalue weighted by atomic mass is 19.1. The lowest BCUT2D eigenvalue weighted by molar-refractivity contribution is 0.0685. The van der Waals surface area contributed by atoms with Gasteiger partial charge in [0.15, 0.2) is 5.78 Å². The van der Waals surface area contributed by atoms with Crippen LogP contribution in [-0.4, -0.2) is 21.4 Å². The number of benzene rings is 2. The van der Waals surface area contributed by atoms with E-state index in [1.54, 1.807) is 0 Å². The van der Waals surface area contributed by atoms with Gasteiger partial charge in [-0.3, -0.25) is 4.79 Å². The van der Waals surface area contributed by atoms with Gasteiger partial charge in [-0.05, 0) is 48.5 Å². The van der Waals surface area contributed by atoms with E-state index in [0.717, 1.165) is 12.1 Å². The molecule has 6 heteroatoms. The van der Waals surface area contributed by atoms with Crippen molar-refractivity contribution in [2.75, 3.05) is 0 Å². The quantitative estimate of drug-likeness (QED) is 0.750. The molecule has 0 aliphatic rings. The van der Waals surface area contributed by atoms with Crippen molar-refractivity contribution in [3.8, 4) is 0 Å². The number of fused-ring (bicyclic) bond motifs is 1. The highest BCUT2D eigenvalue weighted by Crippen LogP contribution is 2.22. The molecule has 0 atom stereocenters. The van der Waals surface area contributed by atoms with Crippen LogP contribution in [0, 0.1) is 11.6 Å². The van der Waals surface area contributed by atoms with Crippen molar-refractivity contribution in [2.24, 2.45) is 0 Å². The first-order chi connectivity index (χ1) is 11.0. The van der Waals surface area contributed by atoms with Crippen molar-refractivity contribution in [1.29, 1.82) is 0 Å². The molecule has 0 bridgehead atoms. The Labute approximate surface area is 129 Å². The smallest absolute Gasteiger partial charge is 0.352 e. The number of carboxylic acid groups (broad SMARTS) is 1. The van der Waals surface area contributed by atoms with Gasteiger partial charge in [0.05, 0.1) is 6.54 Å². The number of halogens is 2. The Morgan fingerprint density at radius 2 is 1.61 bits per heavy atom. The van der Waals surface area contributed by atoms with E-state index < -0.39 is 17.6 Å². The highest BCUT2D eigenvalue weighted by Gasteiger charge is 2.18. The Kier molecular flexibility index (Phi) is 3.65. The first-order valence-corrected chi connectivity index (χ1v) is 6.76. The second-order valence-electron chi connectivity index (χ2n) is 5.05. The van der Waals surface area contributed by atoms with Gasteiger partial charge in [0.2, 0.25) is 0 Å². The lowest BCUT2D eigenvalue weighted by Crippen LogP contribution is -2.15. The lowest BCUT2D eigenvalue weighted by Gasteiger charge is -2.08. The highest BCUT2D eigenvalue weighted by molar-refractivity contribution is 5.99. The van der Waals surface area contributed by atoms with Crippen LogP contribution in [0.5, 0.6) is 0 Å². The molecular formula is C17H11F2NO3. The number of aromatic nitrogens is 1. The van der Waals surface area contributed by atoms with Crippen molar-refractivity contribution in [3.63, 3.8) is 0 Å². The zero-order valence-electron chi connectivity index (χ0n) is 11.8. The molecule has 3 aromatic rings. The van der Waals surface area contributed by atoms with Crippen LogP contribution in [0.2, 0.25) is 0 Å². The van der Waals surface area contributed by atoms with Crippen LogP contribution in [-0.2, 0) is 6.54 Å². The molecule has 0 unspecified atom stereocenters. The van der Waals surface area contributed by atoms with Gasteiger partial charge in [0.1, 0.15) is 17.3 Å². The molecule has 3 rings (SSSR count). The van der Waals surface area contributed by atoms with Crippen LogP contribution >= 0.6 is 0 Å². The number of hydrogen-bond acceptors (Lipinski definition) is 2. The molecule has 0 spiro atoms. The fraction of sp³-hybridized carbons (Fsp3) is 0.0588. The van der Waals surface area contributed by atoms with Gasteiger partial charge < -0.3 is 9.67 Å². The van der Waals surface area contributed by atoms with Crippen molar-refractivity contribution < 1.29 is 23.5 Å². The molecule has 0 aliphatic carbocycles. The molecule has 1 aromatic heterocycles. The summed E-state index contributed by atoms with van der Waals surface area (Å²) in [6, 6.07) is 10.1. The molecule has 0 fully saturated rings. The summed E-state index contributed by atoms with van der Waals surface area (Å²) in [4.78, 5) is 23.7. The number of carbonyl (C=O) groups excluding carboxylic acids is 1. The maximum absolute atomic E-state index is 13.3. The van der Waals surface area contributed by atoms with Crippen molar-refractivity contribution >= 4 is 22.7 Å². The third kappa shape index (κ3) is 2.83. The SMILES string of the molecule is O=C(Cn1c(C(=O)O)cc2cc(F)ccc21)c1ccc(F)cc1. The minimum atomic E-state index is -1.21. The minimum Gasteiger partial charge on any atom is -0.477 e. The second-order valence-corrected chi connectivity index (χ2v) is 5.05. The Morgan fingerprint density at radius 3 is 2.26 bits per heavy atom. The lowest BCUT2D eigenvalue weighted by atomic mass is 10.1. The molecule has 23 heavy (non-hydrogen) atoms. The first kappa shape index (κ1) is 14.9. The summed E-state index contributed by atoms with van der Waals surface area (Å²) in [6.07, 6.45) is 0. The van der Waals surface area contributed by atoms with E-state index >= 15 is 0 Å². The fourth-order valence-corrected chi connectivity index (χ4v) is 2.46. The standard InChI is InChI=1S/C17H11F2NO3/c18-12-3-1-10(2-4-12)16(21)9-20-14-6-5-13(19)7-11(14)8-15(20)17(22)23/h1-8H,9H2,(H,22,23). The van der Waals surface area contributed by atoms with E-state index in [-0.39, 0.29) is 23.6 Å². The number of nitrogens with zero attached hydrogens (tertiary/aromatic N) is 1. The number of carboxylic acids is 1. The van der Waals surface area contributed by atoms with Crippen molar-refractivity contribution in [3.05, 3.63) is 71.4 Å². The Bertz CT molecular complexity index is 913. The molecule has 0 amide bonds. The fourth-order valence-electron chi connectivity index (χ4n) is 2.46. The molecule has 4 nitrogen and oxygen atoms in total. The van der Waals surface area contributed by atoms with Crippen LogP contribution in [0.25, 0.3) is 10.9 Å². The van der Waals surface area contributed by atoms with E-state index in [1.165, 1.54) is 41.0 Å². The zero-order valence-corrected chi connectivity index (χ0v) is 11.8. The molecule has 0 aliphatic heterocycles. The predicted octanol–water partition coefficient (Wildman–Crippen LogP) is 3.50. The summed E-state index contributed by atoms with van der Waals surface area (Å²) in [7, 11) is 0. The van der Waals surface area contributed by atoms with E-state index in [1.807, 2.05) is 0 Å². The van der Waals surface area contributed by atoms with Gasteiger partial charge >= 0.3 is 5.97 Å². The van der Waals surface area contributed by atoms with Gasteiger partial charge in [-0.25, -0.2) is 13.6 Å². The molecule has 0 saturated heterocycles. The van der Waals surface area contributed by atoms with Crippen molar-refractivity contribution in [2.45, 2.75) is 6.54 Å². The average molecular weight is 315 g/mol. The van der Waals surface area contributed by atoms with Crippen molar-refractivity contribution in [1.82, 2.24) is 4.57 Å². The molecule has 1 N–H and O–H groups in total. The van der Waals surface area contributed by atoms with Crippen LogP contribution in [0.3, 0.4) is 0 Å². The number of rotatable bonds is 4. The topological polar surface area (TPSA) is 59.3 Å². The van der Waals surface area contributed by atoms with E-state index in [9.17, 15) is 23.5 Å². The minimum absolute atomic E-state index is 0.110. The van der Waals surface area contributed by atoms with Crippen LogP contribution in [0.1, 0.15) is 20.8 Å². The monoisotopic (exact) mass is 315 g/mol. The van der Waals surface area contributed by atoms with E-state index in [0.29, 0.717) is 10.9 Å². The Hall–Kier alpha value is -3.02. The number of aromatic carboxylic acids is 1. The van der Waals surface area contributed by atoms with Gasteiger partial charge in [0, 0.05) is 16.5 Å². The molecule has 0 radical (unpaired) electrons. The van der Waals surface area contributed by atoms with Crippen LogP contribution < -0.4 is 0 Å². The van der Waals surface area contributed by atoms with Gasteiger partial charge in [-0.2, -0.15) is 0 Å². The van der Waals surface area contributed by atoms with E-state index in [2.05, 4.69) is 0 Å². The summed E-state index contributed by atoms with van der Waals surface area (Å²) < 4.78 is 27.5. The molecule has 116 valence electrons. The number of Topliss-reactive ketones (excluding diaryl/α,β-unsaturated/α-hetero) is 1. The van der Waals surface area contributed by atoms with E-state index in [4.69, 9.17) is 0 Å². The van der Waals surface area contributed by atoms with Gasteiger partial charge in [-0.15, -0.1) is 0 Å². The molecule has 1 heterocycles. The third-order valence-electron chi connectivity index (χ3n) is 3.55. The van der Waals surface area contributed by atoms with Crippen LogP contribution in [0.4, 0.5) is 8.78 Å². The number of hydrogen-bond donors (Lipinski definition) is 1. The van der Waals surface area contributed by atoms with Gasteiger partial charge in [0.25, 0.3) is 0 Å². The maximum Gasteiger partial charge on any atom is 0.352 e. The first-order valence-electron chi connectivity index (χ1n) is 6.76. The largest absolute Gasteiger partial charge is 0.477 e. The molecule has 2 aromatic carbocycles.